The number of carbonyl (C=O) groups is 1. The van der Waals surface area contributed by atoms with Gasteiger partial charge in [-0.25, -0.2) is 0 Å². The van der Waals surface area contributed by atoms with Gasteiger partial charge in [0.05, 0.1) is 31.2 Å². The third-order valence-corrected chi connectivity index (χ3v) is 9.21. The van der Waals surface area contributed by atoms with Crippen LogP contribution in [0.25, 0.3) is 0 Å². The van der Waals surface area contributed by atoms with Crippen molar-refractivity contribution in [3.05, 3.63) is 0 Å². The molecule has 2 aliphatic heterocycles. The maximum absolute atomic E-state index is 13.2. The molecule has 0 amide bonds. The largest absolute Gasteiger partial charge is 0.465 e. The molecule has 7 atom stereocenters. The number of quaternary nitrogens is 1. The molecule has 0 radical (unpaired) electrons. The van der Waals surface area contributed by atoms with Gasteiger partial charge in [0.1, 0.15) is 0 Å². The summed E-state index contributed by atoms with van der Waals surface area (Å²) < 4.78 is 6.33. The van der Waals surface area contributed by atoms with E-state index in [1.807, 2.05) is 0 Å². The third-order valence-electron chi connectivity index (χ3n) is 8.28. The van der Waals surface area contributed by atoms with Gasteiger partial charge in [0, 0.05) is 10.2 Å². The highest BCUT2D eigenvalue weighted by molar-refractivity contribution is 9.10. The highest BCUT2D eigenvalue weighted by Gasteiger charge is 2.60. The van der Waals surface area contributed by atoms with E-state index in [2.05, 4.69) is 15.9 Å². The third kappa shape index (κ3) is 2.99. The molecule has 3 nitrogen and oxygen atoms in total. The lowest BCUT2D eigenvalue weighted by Gasteiger charge is -2.58. The van der Waals surface area contributed by atoms with Crippen LogP contribution in [-0.2, 0) is 9.53 Å². The lowest BCUT2D eigenvalue weighted by atomic mass is 9.49. The molecule has 4 aliphatic carbocycles. The number of carbonyl (C=O) groups excluding carboxylic acids is 1. The van der Waals surface area contributed by atoms with E-state index in [0.717, 1.165) is 37.1 Å². The van der Waals surface area contributed by atoms with Crippen LogP contribution in [0.2, 0.25) is 0 Å². The summed E-state index contributed by atoms with van der Waals surface area (Å²) in [6.07, 6.45) is 13.8. The van der Waals surface area contributed by atoms with Crippen molar-refractivity contribution < 1.29 is 14.4 Å². The van der Waals surface area contributed by atoms with Crippen molar-refractivity contribution in [1.29, 1.82) is 0 Å². The summed E-state index contributed by atoms with van der Waals surface area (Å²) in [4.78, 5) is 15.0. The SMILES string of the molecule is O=C(OC[C@@H]1CCC[NH+]2CCCC[C@H]12)C12C[C@@H]3C[C@@H](CC(Br)(C3)C1)C2. The molecule has 4 saturated carbocycles. The van der Waals surface area contributed by atoms with Gasteiger partial charge in [-0.3, -0.25) is 4.79 Å². The molecule has 140 valence electrons. The minimum atomic E-state index is -0.151. The minimum Gasteiger partial charge on any atom is -0.465 e. The first-order valence-electron chi connectivity index (χ1n) is 10.8. The molecule has 0 aromatic heterocycles. The fourth-order valence-corrected chi connectivity index (χ4v) is 9.16. The molecule has 6 fully saturated rings. The van der Waals surface area contributed by atoms with E-state index in [-0.39, 0.29) is 15.7 Å². The van der Waals surface area contributed by atoms with Gasteiger partial charge in [0.2, 0.25) is 0 Å². The zero-order chi connectivity index (χ0) is 17.1. The Hall–Kier alpha value is -0.0900. The smallest absolute Gasteiger partial charge is 0.312 e. The molecule has 2 heterocycles. The molecule has 25 heavy (non-hydrogen) atoms. The highest BCUT2D eigenvalue weighted by Crippen LogP contribution is 2.64. The average molecular weight is 411 g/mol. The standard InChI is InChI=1S/C21H32BrNO2/c22-21-11-15-8-16(12-21)10-20(9-15,14-21)19(24)25-13-17-4-3-7-23-6-2-1-5-18(17)23/h15-18H,1-14H2/p+1/t15-,16+,17-,18+,20?,21?/m0/s1. The van der Waals surface area contributed by atoms with Crippen molar-refractivity contribution in [3.8, 4) is 0 Å². The maximum atomic E-state index is 13.2. The Bertz CT molecular complexity index is 534. The molecule has 6 aliphatic rings. The van der Waals surface area contributed by atoms with Gasteiger partial charge in [-0.05, 0) is 82.5 Å². The summed E-state index contributed by atoms with van der Waals surface area (Å²) in [7, 11) is 0. The van der Waals surface area contributed by atoms with Crippen LogP contribution < -0.4 is 4.90 Å². The number of alkyl halides is 1. The average Bonchev–Trinajstić information content (AvgIpc) is 2.57. The number of halogens is 1. The number of hydrogen-bond acceptors (Lipinski definition) is 2. The van der Waals surface area contributed by atoms with Crippen molar-refractivity contribution in [2.75, 3.05) is 19.7 Å². The monoisotopic (exact) mass is 410 g/mol. The summed E-state index contributed by atoms with van der Waals surface area (Å²) in [5.74, 6) is 2.27. The molecule has 0 aromatic rings. The molecule has 2 saturated heterocycles. The summed E-state index contributed by atoms with van der Waals surface area (Å²) in [6.45, 7) is 3.38. The van der Waals surface area contributed by atoms with Crippen LogP contribution in [-0.4, -0.2) is 36.0 Å². The second-order valence-corrected chi connectivity index (χ2v) is 11.8. The first-order chi connectivity index (χ1) is 12.1. The van der Waals surface area contributed by atoms with E-state index in [9.17, 15) is 4.79 Å². The number of ether oxygens (including phenoxy) is 1. The summed E-state index contributed by atoms with van der Waals surface area (Å²) >= 11 is 4.02. The summed E-state index contributed by atoms with van der Waals surface area (Å²) in [5, 5.41) is 0. The van der Waals surface area contributed by atoms with Crippen LogP contribution >= 0.6 is 15.9 Å². The minimum absolute atomic E-state index is 0.151. The molecule has 0 aromatic carbocycles. The Labute approximate surface area is 160 Å². The first kappa shape index (κ1) is 17.0. The first-order valence-corrected chi connectivity index (χ1v) is 11.6. The van der Waals surface area contributed by atoms with Gasteiger partial charge in [0.25, 0.3) is 0 Å². The number of piperidine rings is 2. The zero-order valence-corrected chi connectivity index (χ0v) is 17.0. The maximum Gasteiger partial charge on any atom is 0.312 e. The molecular weight excluding hydrogens is 378 g/mol. The van der Waals surface area contributed by atoms with E-state index < -0.39 is 0 Å². The Morgan fingerprint density at radius 2 is 1.80 bits per heavy atom. The van der Waals surface area contributed by atoms with Crippen molar-refractivity contribution in [2.24, 2.45) is 23.2 Å². The Kier molecular flexibility index (Phi) is 4.24. The van der Waals surface area contributed by atoms with Gasteiger partial charge in [-0.2, -0.15) is 0 Å². The highest BCUT2D eigenvalue weighted by atomic mass is 79.9. The lowest BCUT2D eigenvalue weighted by Crippen LogP contribution is -3.18. The second-order valence-electron chi connectivity index (χ2n) is 10.2. The number of hydrogen-bond donors (Lipinski definition) is 1. The molecule has 3 unspecified atom stereocenters. The van der Waals surface area contributed by atoms with E-state index in [4.69, 9.17) is 4.74 Å². The van der Waals surface area contributed by atoms with Gasteiger partial charge in [-0.1, -0.05) is 15.9 Å². The Morgan fingerprint density at radius 1 is 1.04 bits per heavy atom. The number of esters is 1. The van der Waals surface area contributed by atoms with E-state index in [0.29, 0.717) is 12.5 Å². The van der Waals surface area contributed by atoms with Crippen LogP contribution in [0.4, 0.5) is 0 Å². The van der Waals surface area contributed by atoms with Crippen LogP contribution in [0.3, 0.4) is 0 Å². The molecular formula is C21H33BrNO2+. The lowest BCUT2D eigenvalue weighted by molar-refractivity contribution is -0.940. The molecule has 0 spiro atoms. The quantitative estimate of drug-likeness (QED) is 0.572. The summed E-state index contributed by atoms with van der Waals surface area (Å²) in [5.41, 5.74) is -0.151. The van der Waals surface area contributed by atoms with Crippen molar-refractivity contribution in [2.45, 2.75) is 81.0 Å². The Morgan fingerprint density at radius 3 is 2.56 bits per heavy atom. The topological polar surface area (TPSA) is 30.7 Å². The van der Waals surface area contributed by atoms with Crippen LogP contribution in [0.1, 0.15) is 70.6 Å². The van der Waals surface area contributed by atoms with Gasteiger partial charge >= 0.3 is 5.97 Å². The number of rotatable bonds is 3. The predicted octanol–water partition coefficient (Wildman–Crippen LogP) is 3.11. The molecule has 4 bridgehead atoms. The number of nitrogens with one attached hydrogen (secondary N) is 1. The molecule has 4 heteroatoms. The molecule has 6 rings (SSSR count). The fourth-order valence-electron chi connectivity index (χ4n) is 7.70. The van der Waals surface area contributed by atoms with Crippen molar-refractivity contribution in [3.63, 3.8) is 0 Å². The zero-order valence-electron chi connectivity index (χ0n) is 15.4. The van der Waals surface area contributed by atoms with E-state index in [1.165, 1.54) is 64.5 Å². The predicted molar refractivity (Wildman–Crippen MR) is 101 cm³/mol. The van der Waals surface area contributed by atoms with Crippen molar-refractivity contribution >= 4 is 21.9 Å². The second kappa shape index (κ2) is 6.22. The van der Waals surface area contributed by atoms with Gasteiger partial charge < -0.3 is 9.64 Å². The van der Waals surface area contributed by atoms with Gasteiger partial charge in [0.15, 0.2) is 0 Å². The van der Waals surface area contributed by atoms with Crippen LogP contribution in [0, 0.1) is 23.2 Å². The van der Waals surface area contributed by atoms with E-state index in [1.54, 1.807) is 4.90 Å². The van der Waals surface area contributed by atoms with Crippen LogP contribution in [0.15, 0.2) is 0 Å². The number of fused-ring (bicyclic) bond motifs is 1. The summed E-state index contributed by atoms with van der Waals surface area (Å²) in [6, 6.07) is 0.759. The normalized spacial score (nSPS) is 51.2. The van der Waals surface area contributed by atoms with E-state index >= 15 is 0 Å². The molecule has 1 N–H and O–H groups in total. The fraction of sp³-hybridized carbons (Fsp3) is 0.952. The van der Waals surface area contributed by atoms with Crippen LogP contribution in [0.5, 0.6) is 0 Å². The van der Waals surface area contributed by atoms with Gasteiger partial charge in [-0.15, -0.1) is 0 Å². The Balaban J connectivity index is 1.25. The van der Waals surface area contributed by atoms with Crippen molar-refractivity contribution in [1.82, 2.24) is 0 Å².